The molecule has 0 aliphatic heterocycles. The first-order chi connectivity index (χ1) is 9.33. The number of ether oxygens (including phenoxy) is 1. The van der Waals surface area contributed by atoms with Gasteiger partial charge in [0.1, 0.15) is 11.2 Å². The molecule has 2 N–H and O–H groups in total. The van der Waals surface area contributed by atoms with Crippen LogP contribution < -0.4 is 5.32 Å². The molecule has 0 aliphatic carbocycles. The summed E-state index contributed by atoms with van der Waals surface area (Å²) in [5, 5.41) is 3.62. The summed E-state index contributed by atoms with van der Waals surface area (Å²) in [6, 6.07) is 3.83. The van der Waals surface area contributed by atoms with Gasteiger partial charge in [-0.05, 0) is 39.8 Å². The van der Waals surface area contributed by atoms with E-state index in [0.717, 1.165) is 16.7 Å². The maximum absolute atomic E-state index is 11.6. The number of fused-ring (bicyclic) bond motifs is 1. The molecule has 20 heavy (non-hydrogen) atoms. The van der Waals surface area contributed by atoms with Crippen LogP contribution in [0.3, 0.4) is 0 Å². The lowest BCUT2D eigenvalue weighted by Gasteiger charge is -2.19. The van der Waals surface area contributed by atoms with Crippen LogP contribution in [0.4, 0.5) is 10.5 Å². The molecule has 0 radical (unpaired) electrons. The minimum atomic E-state index is -0.508. The molecule has 2 aromatic heterocycles. The summed E-state index contributed by atoms with van der Waals surface area (Å²) in [5.41, 5.74) is 1.96. The summed E-state index contributed by atoms with van der Waals surface area (Å²) in [6.45, 7) is 11.4. The molecule has 0 aliphatic rings. The van der Waals surface area contributed by atoms with Crippen LogP contribution in [0.25, 0.3) is 11.0 Å². The average Bonchev–Trinajstić information content (AvgIpc) is 2.68. The van der Waals surface area contributed by atoms with Crippen molar-refractivity contribution in [1.82, 2.24) is 9.97 Å². The Labute approximate surface area is 119 Å². The Morgan fingerprint density at radius 1 is 1.30 bits per heavy atom. The van der Waals surface area contributed by atoms with E-state index >= 15 is 0 Å². The third-order valence-electron chi connectivity index (χ3n) is 2.25. The molecule has 0 bridgehead atoms. The number of carbonyl (C=O) groups is 1. The van der Waals surface area contributed by atoms with E-state index in [2.05, 4.69) is 15.3 Å². The number of rotatable bonds is 1. The van der Waals surface area contributed by atoms with Gasteiger partial charge < -0.3 is 9.72 Å². The van der Waals surface area contributed by atoms with Crippen LogP contribution in [0.5, 0.6) is 0 Å². The Morgan fingerprint density at radius 3 is 2.55 bits per heavy atom. The summed E-state index contributed by atoms with van der Waals surface area (Å²) in [5.74, 6) is 0. The first kappa shape index (κ1) is 16.0. The van der Waals surface area contributed by atoms with E-state index in [1.54, 1.807) is 6.20 Å². The van der Waals surface area contributed by atoms with Crippen molar-refractivity contribution in [1.29, 1.82) is 0 Å². The molecule has 2 heterocycles. The molecule has 110 valence electrons. The van der Waals surface area contributed by atoms with Gasteiger partial charge in [-0.1, -0.05) is 13.8 Å². The molecule has 0 spiro atoms. The molecule has 0 atom stereocenters. The number of aryl methyl sites for hydroxylation is 1. The van der Waals surface area contributed by atoms with Crippen molar-refractivity contribution in [2.24, 2.45) is 0 Å². The normalized spacial score (nSPS) is 10.7. The number of nitrogens with one attached hydrogen (secondary N) is 2. The van der Waals surface area contributed by atoms with E-state index in [1.165, 1.54) is 0 Å². The molecule has 2 rings (SSSR count). The fourth-order valence-electron chi connectivity index (χ4n) is 1.64. The summed E-state index contributed by atoms with van der Waals surface area (Å²) in [4.78, 5) is 18.9. The highest BCUT2D eigenvalue weighted by molar-refractivity contribution is 5.88. The minimum Gasteiger partial charge on any atom is -0.444 e. The lowest BCUT2D eigenvalue weighted by atomic mass is 10.2. The van der Waals surface area contributed by atoms with Crippen LogP contribution in [0.2, 0.25) is 0 Å². The van der Waals surface area contributed by atoms with Crippen molar-refractivity contribution in [3.8, 4) is 0 Å². The fraction of sp³-hybridized carbons (Fsp3) is 0.467. The number of amides is 1. The Kier molecular flexibility index (Phi) is 5.13. The van der Waals surface area contributed by atoms with Crippen LogP contribution in [-0.2, 0) is 4.74 Å². The average molecular weight is 277 g/mol. The van der Waals surface area contributed by atoms with Gasteiger partial charge in [0.2, 0.25) is 0 Å². The van der Waals surface area contributed by atoms with E-state index in [0.29, 0.717) is 5.69 Å². The Hall–Kier alpha value is -2.04. The first-order valence-corrected chi connectivity index (χ1v) is 6.79. The molecule has 0 fully saturated rings. The highest BCUT2D eigenvalue weighted by Gasteiger charge is 2.16. The van der Waals surface area contributed by atoms with Crippen LogP contribution in [-0.4, -0.2) is 21.7 Å². The quantitative estimate of drug-likeness (QED) is 0.819. The number of hydrogen-bond acceptors (Lipinski definition) is 3. The SMILES string of the molecule is CC.Cc1cc2cc(NC(=O)OC(C)(C)C)cnc2[nH]1. The number of anilines is 1. The summed E-state index contributed by atoms with van der Waals surface area (Å²) in [6.07, 6.45) is 1.12. The van der Waals surface area contributed by atoms with Crippen molar-refractivity contribution >= 4 is 22.8 Å². The second-order valence-electron chi connectivity index (χ2n) is 5.24. The van der Waals surface area contributed by atoms with E-state index in [4.69, 9.17) is 4.74 Å². The molecule has 0 aromatic carbocycles. The van der Waals surface area contributed by atoms with Crippen molar-refractivity contribution < 1.29 is 9.53 Å². The molecule has 1 amide bonds. The zero-order chi connectivity index (χ0) is 15.3. The number of carbonyl (C=O) groups excluding carboxylic acids is 1. The van der Waals surface area contributed by atoms with Crippen molar-refractivity contribution in [3.63, 3.8) is 0 Å². The van der Waals surface area contributed by atoms with Crippen molar-refractivity contribution in [2.75, 3.05) is 5.32 Å². The molecule has 2 aromatic rings. The molecular weight excluding hydrogens is 254 g/mol. The van der Waals surface area contributed by atoms with Gasteiger partial charge in [0, 0.05) is 11.1 Å². The molecule has 0 unspecified atom stereocenters. The highest BCUT2D eigenvalue weighted by Crippen LogP contribution is 2.18. The second-order valence-corrected chi connectivity index (χ2v) is 5.24. The number of hydrogen-bond donors (Lipinski definition) is 2. The Bertz CT molecular complexity index is 582. The highest BCUT2D eigenvalue weighted by atomic mass is 16.6. The van der Waals surface area contributed by atoms with E-state index in [9.17, 15) is 4.79 Å². The molecule has 0 saturated heterocycles. The maximum atomic E-state index is 11.6. The van der Waals surface area contributed by atoms with Gasteiger partial charge in [0.05, 0.1) is 11.9 Å². The Morgan fingerprint density at radius 2 is 1.95 bits per heavy atom. The topological polar surface area (TPSA) is 67.0 Å². The number of aromatic amines is 1. The summed E-state index contributed by atoms with van der Waals surface area (Å²) >= 11 is 0. The number of pyridine rings is 1. The van der Waals surface area contributed by atoms with E-state index in [1.807, 2.05) is 53.7 Å². The molecule has 0 saturated carbocycles. The summed E-state index contributed by atoms with van der Waals surface area (Å²) < 4.78 is 5.17. The van der Waals surface area contributed by atoms with Crippen LogP contribution >= 0.6 is 0 Å². The van der Waals surface area contributed by atoms with Gasteiger partial charge in [-0.2, -0.15) is 0 Å². The maximum Gasteiger partial charge on any atom is 0.412 e. The third-order valence-corrected chi connectivity index (χ3v) is 2.25. The van der Waals surface area contributed by atoms with Crippen LogP contribution in [0, 0.1) is 6.92 Å². The minimum absolute atomic E-state index is 0.476. The Balaban J connectivity index is 0.000000956. The van der Waals surface area contributed by atoms with Gasteiger partial charge in [0.25, 0.3) is 0 Å². The standard InChI is InChI=1S/C13H17N3O2.C2H6/c1-8-5-9-6-10(7-14-11(9)15-8)16-12(17)18-13(2,3)4;1-2/h5-7H,1-4H3,(H,14,15)(H,16,17);1-2H3. The monoisotopic (exact) mass is 277 g/mol. The van der Waals surface area contributed by atoms with Gasteiger partial charge in [-0.3, -0.25) is 5.32 Å². The third kappa shape index (κ3) is 4.57. The first-order valence-electron chi connectivity index (χ1n) is 6.79. The van der Waals surface area contributed by atoms with Crippen molar-refractivity contribution in [2.45, 2.75) is 47.1 Å². The molecule has 5 nitrogen and oxygen atoms in total. The van der Waals surface area contributed by atoms with Gasteiger partial charge in [-0.25, -0.2) is 9.78 Å². The number of H-pyrrole nitrogens is 1. The molecular formula is C15H23N3O2. The zero-order valence-electron chi connectivity index (χ0n) is 13.0. The predicted octanol–water partition coefficient (Wildman–Crippen LogP) is 4.24. The van der Waals surface area contributed by atoms with Crippen LogP contribution in [0.15, 0.2) is 18.3 Å². The van der Waals surface area contributed by atoms with Crippen molar-refractivity contribution in [3.05, 3.63) is 24.0 Å². The molecule has 5 heteroatoms. The number of aromatic nitrogens is 2. The van der Waals surface area contributed by atoms with Crippen LogP contribution in [0.1, 0.15) is 40.3 Å². The zero-order valence-corrected chi connectivity index (χ0v) is 13.0. The fourth-order valence-corrected chi connectivity index (χ4v) is 1.64. The number of nitrogens with zero attached hydrogens (tertiary/aromatic N) is 1. The van der Waals surface area contributed by atoms with Gasteiger partial charge in [0.15, 0.2) is 0 Å². The van der Waals surface area contributed by atoms with E-state index < -0.39 is 11.7 Å². The second kappa shape index (κ2) is 6.41. The largest absolute Gasteiger partial charge is 0.444 e. The van der Waals surface area contributed by atoms with Gasteiger partial charge in [-0.15, -0.1) is 0 Å². The summed E-state index contributed by atoms with van der Waals surface area (Å²) in [7, 11) is 0. The lowest BCUT2D eigenvalue weighted by molar-refractivity contribution is 0.0636. The smallest absolute Gasteiger partial charge is 0.412 e. The van der Waals surface area contributed by atoms with Gasteiger partial charge >= 0.3 is 6.09 Å². The van der Waals surface area contributed by atoms with E-state index in [-0.39, 0.29) is 0 Å². The lowest BCUT2D eigenvalue weighted by Crippen LogP contribution is -2.27. The predicted molar refractivity (Wildman–Crippen MR) is 82.0 cm³/mol.